The van der Waals surface area contributed by atoms with Gasteiger partial charge in [-0.15, -0.1) is 0 Å². The molecule has 0 aromatic rings. The minimum atomic E-state index is -0.856. The maximum absolute atomic E-state index is 11.5. The molecule has 4 heteroatoms. The molecule has 0 aromatic heterocycles. The van der Waals surface area contributed by atoms with Crippen molar-refractivity contribution in [1.29, 1.82) is 0 Å². The maximum atomic E-state index is 11.5. The molecule has 0 bridgehead atoms. The van der Waals surface area contributed by atoms with E-state index in [0.29, 0.717) is 12.5 Å². The molecule has 19 heavy (non-hydrogen) atoms. The van der Waals surface area contributed by atoms with E-state index in [4.69, 9.17) is 10.5 Å². The van der Waals surface area contributed by atoms with Crippen molar-refractivity contribution in [1.82, 2.24) is 4.90 Å². The van der Waals surface area contributed by atoms with E-state index in [-0.39, 0.29) is 5.97 Å². The van der Waals surface area contributed by atoms with Crippen LogP contribution < -0.4 is 5.73 Å². The standard InChI is InChI=1S/C15H30N2O2/c1-11-9-12(2)13(3)17(10-11)8-6-7-15(4,16)14(18)19-5/h11-13H,6-10,16H2,1-5H3. The zero-order chi connectivity index (χ0) is 14.6. The number of nitrogens with two attached hydrogens (primary N) is 1. The first kappa shape index (κ1) is 16.4. The van der Waals surface area contributed by atoms with E-state index in [2.05, 4.69) is 25.7 Å². The predicted octanol–water partition coefficient (Wildman–Crippen LogP) is 2.02. The number of piperidine rings is 1. The molecule has 1 aliphatic heterocycles. The number of esters is 1. The lowest BCUT2D eigenvalue weighted by molar-refractivity contribution is -0.146. The number of carbonyl (C=O) groups excluding carboxylic acids is 1. The monoisotopic (exact) mass is 270 g/mol. The van der Waals surface area contributed by atoms with Gasteiger partial charge in [0, 0.05) is 12.6 Å². The summed E-state index contributed by atoms with van der Waals surface area (Å²) in [5, 5.41) is 0. The number of rotatable bonds is 5. The van der Waals surface area contributed by atoms with Crippen LogP contribution in [-0.4, -0.2) is 42.6 Å². The Morgan fingerprint density at radius 2 is 2.05 bits per heavy atom. The predicted molar refractivity (Wildman–Crippen MR) is 77.8 cm³/mol. The van der Waals surface area contributed by atoms with Gasteiger partial charge in [0.15, 0.2) is 0 Å². The van der Waals surface area contributed by atoms with E-state index in [1.54, 1.807) is 6.92 Å². The van der Waals surface area contributed by atoms with E-state index in [1.165, 1.54) is 13.5 Å². The van der Waals surface area contributed by atoms with Crippen molar-refractivity contribution in [3.8, 4) is 0 Å². The molecule has 0 amide bonds. The van der Waals surface area contributed by atoms with Crippen LogP contribution in [0, 0.1) is 11.8 Å². The minimum absolute atomic E-state index is 0.319. The number of nitrogens with zero attached hydrogens (tertiary/aromatic N) is 1. The van der Waals surface area contributed by atoms with Gasteiger partial charge in [-0.2, -0.15) is 0 Å². The van der Waals surface area contributed by atoms with Crippen LogP contribution in [0.5, 0.6) is 0 Å². The van der Waals surface area contributed by atoms with Gasteiger partial charge in [0.25, 0.3) is 0 Å². The average Bonchev–Trinajstić information content (AvgIpc) is 2.33. The molecule has 1 rings (SSSR count). The fourth-order valence-electron chi connectivity index (χ4n) is 3.11. The Morgan fingerprint density at radius 1 is 1.42 bits per heavy atom. The van der Waals surface area contributed by atoms with Crippen molar-refractivity contribution >= 4 is 5.97 Å². The Bertz CT molecular complexity index is 305. The van der Waals surface area contributed by atoms with Gasteiger partial charge in [-0.05, 0) is 51.5 Å². The number of methoxy groups -OCH3 is 1. The highest BCUT2D eigenvalue weighted by Gasteiger charge is 2.31. The summed E-state index contributed by atoms with van der Waals surface area (Å²) in [6, 6.07) is 0.623. The largest absolute Gasteiger partial charge is 0.468 e. The maximum Gasteiger partial charge on any atom is 0.325 e. The van der Waals surface area contributed by atoms with E-state index in [9.17, 15) is 4.79 Å². The molecule has 1 heterocycles. The zero-order valence-corrected chi connectivity index (χ0v) is 13.1. The van der Waals surface area contributed by atoms with E-state index < -0.39 is 5.54 Å². The first-order valence-corrected chi connectivity index (χ1v) is 7.39. The number of ether oxygens (including phenoxy) is 1. The third-order valence-electron chi connectivity index (χ3n) is 4.51. The highest BCUT2D eigenvalue weighted by Crippen LogP contribution is 2.27. The highest BCUT2D eigenvalue weighted by molar-refractivity contribution is 5.79. The summed E-state index contributed by atoms with van der Waals surface area (Å²) >= 11 is 0. The molecule has 4 nitrogen and oxygen atoms in total. The molecular weight excluding hydrogens is 240 g/mol. The van der Waals surface area contributed by atoms with Crippen molar-refractivity contribution in [2.45, 2.75) is 58.5 Å². The number of hydrogen-bond donors (Lipinski definition) is 1. The summed E-state index contributed by atoms with van der Waals surface area (Å²) in [4.78, 5) is 14.1. The van der Waals surface area contributed by atoms with E-state index >= 15 is 0 Å². The van der Waals surface area contributed by atoms with Crippen LogP contribution in [0.4, 0.5) is 0 Å². The molecule has 0 radical (unpaired) electrons. The molecule has 1 saturated heterocycles. The first-order chi connectivity index (χ1) is 8.77. The summed E-state index contributed by atoms with van der Waals surface area (Å²) in [6.07, 6.45) is 2.92. The van der Waals surface area contributed by atoms with Gasteiger partial charge < -0.3 is 15.4 Å². The molecule has 1 fully saturated rings. The molecule has 0 spiro atoms. The van der Waals surface area contributed by atoms with Crippen molar-refractivity contribution in [3.05, 3.63) is 0 Å². The summed E-state index contributed by atoms with van der Waals surface area (Å²) in [7, 11) is 1.39. The van der Waals surface area contributed by atoms with Crippen LogP contribution in [0.2, 0.25) is 0 Å². The summed E-state index contributed by atoms with van der Waals surface area (Å²) in [5.74, 6) is 1.19. The topological polar surface area (TPSA) is 55.6 Å². The van der Waals surface area contributed by atoms with Gasteiger partial charge in [0.05, 0.1) is 7.11 Å². The number of likely N-dealkylation sites (tertiary alicyclic amines) is 1. The zero-order valence-electron chi connectivity index (χ0n) is 13.1. The van der Waals surface area contributed by atoms with Crippen LogP contribution in [0.1, 0.15) is 47.0 Å². The Balaban J connectivity index is 2.42. The second-order valence-corrected chi connectivity index (χ2v) is 6.57. The van der Waals surface area contributed by atoms with Gasteiger partial charge in [-0.3, -0.25) is 4.79 Å². The average molecular weight is 270 g/mol. The SMILES string of the molecule is COC(=O)C(C)(N)CCCN1CC(C)CC(C)C1C. The summed E-state index contributed by atoms with van der Waals surface area (Å²) in [6.45, 7) is 10.9. The van der Waals surface area contributed by atoms with Gasteiger partial charge in [-0.1, -0.05) is 13.8 Å². The molecular formula is C15H30N2O2. The Labute approximate surface area is 117 Å². The first-order valence-electron chi connectivity index (χ1n) is 7.39. The van der Waals surface area contributed by atoms with Crippen molar-refractivity contribution in [2.24, 2.45) is 17.6 Å². The quantitative estimate of drug-likeness (QED) is 0.777. The smallest absolute Gasteiger partial charge is 0.325 e. The third kappa shape index (κ3) is 4.46. The fraction of sp³-hybridized carbons (Fsp3) is 0.933. The van der Waals surface area contributed by atoms with Crippen LogP contribution in [0.25, 0.3) is 0 Å². The Hall–Kier alpha value is -0.610. The van der Waals surface area contributed by atoms with Crippen LogP contribution in [0.15, 0.2) is 0 Å². The normalized spacial score (nSPS) is 31.8. The molecule has 0 aliphatic carbocycles. The van der Waals surface area contributed by atoms with Crippen LogP contribution in [-0.2, 0) is 9.53 Å². The van der Waals surface area contributed by atoms with Crippen molar-refractivity contribution in [2.75, 3.05) is 20.2 Å². The molecule has 1 aliphatic rings. The summed E-state index contributed by atoms with van der Waals surface area (Å²) < 4.78 is 4.74. The molecule has 112 valence electrons. The lowest BCUT2D eigenvalue weighted by Crippen LogP contribution is -2.48. The van der Waals surface area contributed by atoms with E-state index in [0.717, 1.165) is 31.3 Å². The van der Waals surface area contributed by atoms with Crippen molar-refractivity contribution in [3.63, 3.8) is 0 Å². The van der Waals surface area contributed by atoms with Gasteiger partial charge in [0.1, 0.15) is 5.54 Å². The molecule has 2 N–H and O–H groups in total. The lowest BCUT2D eigenvalue weighted by Gasteiger charge is -2.41. The van der Waals surface area contributed by atoms with E-state index in [1.807, 2.05) is 0 Å². The molecule has 4 unspecified atom stereocenters. The molecule has 0 aromatic carbocycles. The Morgan fingerprint density at radius 3 is 2.63 bits per heavy atom. The molecule has 4 atom stereocenters. The second-order valence-electron chi connectivity index (χ2n) is 6.57. The van der Waals surface area contributed by atoms with Crippen LogP contribution >= 0.6 is 0 Å². The third-order valence-corrected chi connectivity index (χ3v) is 4.51. The number of hydrogen-bond acceptors (Lipinski definition) is 4. The lowest BCUT2D eigenvalue weighted by atomic mass is 9.85. The molecule has 0 saturated carbocycles. The second kappa shape index (κ2) is 6.71. The highest BCUT2D eigenvalue weighted by atomic mass is 16.5. The number of carbonyl (C=O) groups is 1. The van der Waals surface area contributed by atoms with Gasteiger partial charge >= 0.3 is 5.97 Å². The Kier molecular flexibility index (Phi) is 5.81. The van der Waals surface area contributed by atoms with Crippen molar-refractivity contribution < 1.29 is 9.53 Å². The van der Waals surface area contributed by atoms with Crippen LogP contribution in [0.3, 0.4) is 0 Å². The minimum Gasteiger partial charge on any atom is -0.468 e. The van der Waals surface area contributed by atoms with Gasteiger partial charge in [-0.25, -0.2) is 0 Å². The van der Waals surface area contributed by atoms with Gasteiger partial charge in [0.2, 0.25) is 0 Å². The fourth-order valence-corrected chi connectivity index (χ4v) is 3.11. The summed E-state index contributed by atoms with van der Waals surface area (Å²) in [5.41, 5.74) is 5.13.